The van der Waals surface area contributed by atoms with Gasteiger partial charge in [-0.2, -0.15) is 4.72 Å². The molecular weight excluding hydrogens is 328 g/mol. The highest BCUT2D eigenvalue weighted by molar-refractivity contribution is 7.89. The molecule has 2 rings (SSSR count). The van der Waals surface area contributed by atoms with Crippen LogP contribution >= 0.6 is 0 Å². The van der Waals surface area contributed by atoms with Crippen LogP contribution in [0, 0.1) is 11.6 Å². The van der Waals surface area contributed by atoms with Crippen LogP contribution in [0.5, 0.6) is 0 Å². The fraction of sp³-hybridized carbons (Fsp3) is 0.133. The molecule has 2 aromatic carbocycles. The van der Waals surface area contributed by atoms with E-state index in [1.54, 1.807) is 30.3 Å². The Balaban J connectivity index is 1.95. The number of carbonyl (C=O) groups is 1. The van der Waals surface area contributed by atoms with Gasteiger partial charge in [-0.25, -0.2) is 17.2 Å². The standard InChI is InChI=1S/C15H13F2NO4S/c16-12-7-4-8-13(17)15(12)23(20,21)18-9-14(19)22-10-11-5-2-1-3-6-11/h1-8,18H,9-10H2. The van der Waals surface area contributed by atoms with Gasteiger partial charge in [-0.15, -0.1) is 0 Å². The van der Waals surface area contributed by atoms with Crippen molar-refractivity contribution in [2.45, 2.75) is 11.5 Å². The van der Waals surface area contributed by atoms with Crippen molar-refractivity contribution in [3.8, 4) is 0 Å². The van der Waals surface area contributed by atoms with Crippen LogP contribution in [0.2, 0.25) is 0 Å². The van der Waals surface area contributed by atoms with Crippen molar-refractivity contribution in [3.05, 3.63) is 65.7 Å². The normalized spacial score (nSPS) is 11.2. The molecule has 0 unspecified atom stereocenters. The molecule has 0 aliphatic carbocycles. The number of benzene rings is 2. The topological polar surface area (TPSA) is 72.5 Å². The second-order valence-electron chi connectivity index (χ2n) is 4.52. The Labute approximate surface area is 132 Å². The van der Waals surface area contributed by atoms with Crippen LogP contribution in [-0.2, 0) is 26.2 Å². The van der Waals surface area contributed by atoms with Gasteiger partial charge in [0, 0.05) is 0 Å². The fourth-order valence-corrected chi connectivity index (χ4v) is 2.86. The van der Waals surface area contributed by atoms with E-state index in [2.05, 4.69) is 0 Å². The van der Waals surface area contributed by atoms with Crippen molar-refractivity contribution < 1.29 is 26.7 Å². The Kier molecular flexibility index (Phi) is 5.41. The molecule has 0 atom stereocenters. The smallest absolute Gasteiger partial charge is 0.321 e. The second-order valence-corrected chi connectivity index (χ2v) is 6.23. The summed E-state index contributed by atoms with van der Waals surface area (Å²) in [5.74, 6) is -3.35. The molecule has 0 radical (unpaired) electrons. The summed E-state index contributed by atoms with van der Waals surface area (Å²) in [4.78, 5) is 10.4. The summed E-state index contributed by atoms with van der Waals surface area (Å²) in [5.41, 5.74) is 0.726. The average Bonchev–Trinajstić information content (AvgIpc) is 2.51. The minimum absolute atomic E-state index is 0.0323. The summed E-state index contributed by atoms with van der Waals surface area (Å²) in [7, 11) is -4.50. The third kappa shape index (κ3) is 4.57. The van der Waals surface area contributed by atoms with Crippen LogP contribution in [0.15, 0.2) is 53.4 Å². The first-order chi connectivity index (χ1) is 10.9. The molecule has 5 nitrogen and oxygen atoms in total. The summed E-state index contributed by atoms with van der Waals surface area (Å²) in [5, 5.41) is 0. The van der Waals surface area contributed by atoms with Crippen LogP contribution < -0.4 is 4.72 Å². The van der Waals surface area contributed by atoms with Gasteiger partial charge in [-0.05, 0) is 17.7 Å². The lowest BCUT2D eigenvalue weighted by Crippen LogP contribution is -2.31. The SMILES string of the molecule is O=C(CNS(=O)(=O)c1c(F)cccc1F)OCc1ccccc1. The Morgan fingerprint density at radius 1 is 1.00 bits per heavy atom. The molecular formula is C15H13F2NO4S. The van der Waals surface area contributed by atoms with Crippen LogP contribution in [0.1, 0.15) is 5.56 Å². The van der Waals surface area contributed by atoms with Crippen molar-refractivity contribution in [1.82, 2.24) is 4.72 Å². The van der Waals surface area contributed by atoms with Crippen LogP contribution in [0.25, 0.3) is 0 Å². The van der Waals surface area contributed by atoms with Crippen molar-refractivity contribution >= 4 is 16.0 Å². The van der Waals surface area contributed by atoms with Gasteiger partial charge >= 0.3 is 5.97 Å². The fourth-order valence-electron chi connectivity index (χ4n) is 1.75. The van der Waals surface area contributed by atoms with E-state index in [0.717, 1.165) is 23.8 Å². The van der Waals surface area contributed by atoms with Gasteiger partial charge in [0.05, 0.1) is 0 Å². The lowest BCUT2D eigenvalue weighted by atomic mass is 10.2. The molecule has 122 valence electrons. The zero-order valence-corrected chi connectivity index (χ0v) is 12.6. The highest BCUT2D eigenvalue weighted by Gasteiger charge is 2.24. The summed E-state index contributed by atoms with van der Waals surface area (Å²) >= 11 is 0. The second kappa shape index (κ2) is 7.30. The predicted molar refractivity (Wildman–Crippen MR) is 77.8 cm³/mol. The molecule has 0 spiro atoms. The zero-order valence-electron chi connectivity index (χ0n) is 11.8. The average molecular weight is 341 g/mol. The Morgan fingerprint density at radius 3 is 2.22 bits per heavy atom. The number of rotatable bonds is 6. The van der Waals surface area contributed by atoms with Gasteiger partial charge in [0.15, 0.2) is 4.90 Å². The van der Waals surface area contributed by atoms with E-state index in [1.807, 2.05) is 4.72 Å². The van der Waals surface area contributed by atoms with E-state index in [0.29, 0.717) is 0 Å². The van der Waals surface area contributed by atoms with Gasteiger partial charge < -0.3 is 4.74 Å². The van der Waals surface area contributed by atoms with Crippen LogP contribution in [0.3, 0.4) is 0 Å². The highest BCUT2D eigenvalue weighted by atomic mass is 32.2. The van der Waals surface area contributed by atoms with Crippen molar-refractivity contribution in [1.29, 1.82) is 0 Å². The summed E-state index contributed by atoms with van der Waals surface area (Å²) < 4.78 is 57.3. The summed E-state index contributed by atoms with van der Waals surface area (Å²) in [6, 6.07) is 11.4. The molecule has 0 saturated carbocycles. The largest absolute Gasteiger partial charge is 0.460 e. The Hall–Kier alpha value is -2.32. The van der Waals surface area contributed by atoms with Crippen molar-refractivity contribution in [2.75, 3.05) is 6.54 Å². The molecule has 0 saturated heterocycles. The van der Waals surface area contributed by atoms with Gasteiger partial charge in [-0.3, -0.25) is 4.79 Å². The molecule has 0 aromatic heterocycles. The van der Waals surface area contributed by atoms with Gasteiger partial charge in [-0.1, -0.05) is 36.4 Å². The molecule has 23 heavy (non-hydrogen) atoms. The van der Waals surface area contributed by atoms with E-state index in [-0.39, 0.29) is 6.61 Å². The van der Waals surface area contributed by atoms with Gasteiger partial charge in [0.2, 0.25) is 10.0 Å². The van der Waals surface area contributed by atoms with E-state index < -0.39 is 39.1 Å². The van der Waals surface area contributed by atoms with Gasteiger partial charge in [0.1, 0.15) is 24.8 Å². The number of halogens is 2. The number of esters is 1. The molecule has 0 amide bonds. The van der Waals surface area contributed by atoms with E-state index >= 15 is 0 Å². The number of ether oxygens (including phenoxy) is 1. The molecule has 0 bridgehead atoms. The van der Waals surface area contributed by atoms with Crippen LogP contribution in [0.4, 0.5) is 8.78 Å². The van der Waals surface area contributed by atoms with Crippen molar-refractivity contribution in [3.63, 3.8) is 0 Å². The number of nitrogens with one attached hydrogen (secondary N) is 1. The molecule has 0 fully saturated rings. The lowest BCUT2D eigenvalue weighted by molar-refractivity contribution is -0.143. The summed E-state index contributed by atoms with van der Waals surface area (Å²) in [6.45, 7) is -0.765. The highest BCUT2D eigenvalue weighted by Crippen LogP contribution is 2.17. The van der Waals surface area contributed by atoms with Gasteiger partial charge in [0.25, 0.3) is 0 Å². The maximum Gasteiger partial charge on any atom is 0.321 e. The number of hydrogen-bond acceptors (Lipinski definition) is 4. The molecule has 0 aliphatic rings. The zero-order chi connectivity index (χ0) is 16.9. The van der Waals surface area contributed by atoms with Crippen LogP contribution in [-0.4, -0.2) is 20.9 Å². The first-order valence-electron chi connectivity index (χ1n) is 6.53. The van der Waals surface area contributed by atoms with Crippen molar-refractivity contribution in [2.24, 2.45) is 0 Å². The third-order valence-corrected chi connectivity index (χ3v) is 4.29. The van der Waals surface area contributed by atoms with E-state index in [4.69, 9.17) is 4.74 Å². The quantitative estimate of drug-likeness (QED) is 0.816. The predicted octanol–water partition coefficient (Wildman–Crippen LogP) is 1.99. The maximum atomic E-state index is 13.5. The first kappa shape index (κ1) is 17.0. The maximum absolute atomic E-state index is 13.5. The molecule has 0 heterocycles. The number of sulfonamides is 1. The summed E-state index contributed by atoms with van der Waals surface area (Å²) in [6.07, 6.45) is 0. The number of carbonyl (C=O) groups excluding carboxylic acids is 1. The van der Waals surface area contributed by atoms with E-state index in [9.17, 15) is 22.0 Å². The minimum Gasteiger partial charge on any atom is -0.460 e. The molecule has 1 N–H and O–H groups in total. The third-order valence-electron chi connectivity index (χ3n) is 2.84. The Bertz CT molecular complexity index is 774. The van der Waals surface area contributed by atoms with E-state index in [1.165, 1.54) is 0 Å². The Morgan fingerprint density at radius 2 is 1.61 bits per heavy atom. The lowest BCUT2D eigenvalue weighted by Gasteiger charge is -2.09. The monoisotopic (exact) mass is 341 g/mol. The molecule has 2 aromatic rings. The molecule has 0 aliphatic heterocycles. The molecule has 8 heteroatoms. The first-order valence-corrected chi connectivity index (χ1v) is 8.01. The number of hydrogen-bond donors (Lipinski definition) is 1. The minimum atomic E-state index is -4.50.